The number of hydrogen-bond donors (Lipinski definition) is 5. The van der Waals surface area contributed by atoms with Crippen LogP contribution < -0.4 is 0 Å². The number of hydrogen-bond acceptors (Lipinski definition) is 13. The van der Waals surface area contributed by atoms with Gasteiger partial charge in [0, 0.05) is 31.8 Å². The molecule has 0 aromatic carbocycles. The highest BCUT2D eigenvalue weighted by Gasteiger charge is 2.71. The fraction of sp³-hybridized carbons (Fsp3) is 0.907. The maximum atomic E-state index is 12.6. The first-order chi connectivity index (χ1) is 26.5. The van der Waals surface area contributed by atoms with E-state index in [0.29, 0.717) is 31.1 Å². The van der Waals surface area contributed by atoms with Crippen molar-refractivity contribution in [2.75, 3.05) is 13.7 Å². The van der Waals surface area contributed by atoms with Gasteiger partial charge in [-0.1, -0.05) is 20.4 Å². The molecular weight excluding hydrogens is 724 g/mol. The van der Waals surface area contributed by atoms with Gasteiger partial charge in [-0.25, -0.2) is 0 Å². The number of rotatable bonds is 8. The van der Waals surface area contributed by atoms with Gasteiger partial charge in [0.1, 0.15) is 30.7 Å². The van der Waals surface area contributed by atoms with E-state index in [0.717, 1.165) is 44.1 Å². The van der Waals surface area contributed by atoms with Crippen molar-refractivity contribution in [1.82, 2.24) is 0 Å². The van der Waals surface area contributed by atoms with Gasteiger partial charge in [-0.05, 0) is 113 Å². The van der Waals surface area contributed by atoms with Crippen molar-refractivity contribution in [3.8, 4) is 0 Å². The van der Waals surface area contributed by atoms with Gasteiger partial charge >= 0.3 is 0 Å². The second-order valence-electron chi connectivity index (χ2n) is 19.2. The van der Waals surface area contributed by atoms with Crippen LogP contribution in [-0.4, -0.2) is 131 Å². The Hall–Kier alpha value is -1.20. The zero-order valence-electron chi connectivity index (χ0n) is 34.2. The van der Waals surface area contributed by atoms with E-state index in [1.807, 2.05) is 19.9 Å². The van der Waals surface area contributed by atoms with Crippen LogP contribution in [0, 0.1) is 34.5 Å². The molecule has 0 radical (unpaired) electrons. The summed E-state index contributed by atoms with van der Waals surface area (Å²) >= 11 is 0. The first-order valence-electron chi connectivity index (χ1n) is 21.5. The molecule has 8 rings (SSSR count). The van der Waals surface area contributed by atoms with E-state index in [-0.39, 0.29) is 54.6 Å². The summed E-state index contributed by atoms with van der Waals surface area (Å²) in [6.45, 7) is 14.5. The zero-order chi connectivity index (χ0) is 39.9. The quantitative estimate of drug-likeness (QED) is 0.225. The summed E-state index contributed by atoms with van der Waals surface area (Å²) in [4.78, 5) is 0. The molecule has 8 aliphatic rings. The van der Waals surface area contributed by atoms with Crippen molar-refractivity contribution in [3.05, 3.63) is 24.0 Å². The van der Waals surface area contributed by atoms with Gasteiger partial charge in [-0.3, -0.25) is 0 Å². The lowest BCUT2D eigenvalue weighted by atomic mass is 9.42. The number of aliphatic hydroxyl groups is 5. The minimum Gasteiger partial charge on any atom is -0.490 e. The maximum absolute atomic E-state index is 12.6. The molecular formula is C43H68O13. The van der Waals surface area contributed by atoms with E-state index in [4.69, 9.17) is 37.9 Å². The smallest absolute Gasteiger partial charge is 0.161 e. The summed E-state index contributed by atoms with van der Waals surface area (Å²) in [6.07, 6.45) is 1.11. The molecule has 0 aromatic rings. The Morgan fingerprint density at radius 3 is 1.80 bits per heavy atom. The lowest BCUT2D eigenvalue weighted by Crippen LogP contribution is -2.67. The van der Waals surface area contributed by atoms with Crippen molar-refractivity contribution in [2.24, 2.45) is 34.5 Å². The number of allylic oxidation sites excluding steroid dienone is 1. The van der Waals surface area contributed by atoms with Gasteiger partial charge in [-0.15, -0.1) is 0 Å². The topological polar surface area (TPSA) is 175 Å². The summed E-state index contributed by atoms with van der Waals surface area (Å²) in [5.74, 6) is 1.53. The molecule has 7 fully saturated rings. The van der Waals surface area contributed by atoms with Crippen molar-refractivity contribution in [1.29, 1.82) is 0 Å². The van der Waals surface area contributed by atoms with Crippen molar-refractivity contribution in [2.45, 2.75) is 197 Å². The fourth-order valence-electron chi connectivity index (χ4n) is 13.2. The third-order valence-corrected chi connectivity index (χ3v) is 16.3. The van der Waals surface area contributed by atoms with Crippen LogP contribution in [0.2, 0.25) is 0 Å². The number of ether oxygens (including phenoxy) is 8. The highest BCUT2D eigenvalue weighted by Crippen LogP contribution is 2.70. The van der Waals surface area contributed by atoms with Gasteiger partial charge in [0.2, 0.25) is 0 Å². The van der Waals surface area contributed by atoms with Crippen LogP contribution >= 0.6 is 0 Å². The normalized spacial score (nSPS) is 54.8. The van der Waals surface area contributed by atoms with E-state index >= 15 is 0 Å². The van der Waals surface area contributed by atoms with E-state index in [1.165, 1.54) is 7.11 Å². The largest absolute Gasteiger partial charge is 0.490 e. The number of aliphatic hydroxyl groups excluding tert-OH is 4. The van der Waals surface area contributed by atoms with Crippen LogP contribution in [-0.2, 0) is 37.9 Å². The summed E-state index contributed by atoms with van der Waals surface area (Å²) in [5.41, 5.74) is -0.395. The molecule has 0 amide bonds. The molecule has 0 aromatic heterocycles. The molecule has 56 heavy (non-hydrogen) atoms. The van der Waals surface area contributed by atoms with E-state index in [2.05, 4.69) is 20.4 Å². The minimum atomic E-state index is -0.927. The van der Waals surface area contributed by atoms with Crippen molar-refractivity contribution < 1.29 is 63.4 Å². The van der Waals surface area contributed by atoms with E-state index < -0.39 is 84.8 Å². The van der Waals surface area contributed by atoms with Gasteiger partial charge in [0.05, 0.1) is 54.4 Å². The number of fused-ring (bicyclic) bond motifs is 5. The molecule has 4 aliphatic heterocycles. The Balaban J connectivity index is 0.832. The summed E-state index contributed by atoms with van der Waals surface area (Å²) in [6, 6.07) is 0. The predicted molar refractivity (Wildman–Crippen MR) is 202 cm³/mol. The first kappa shape index (κ1) is 41.5. The Morgan fingerprint density at radius 2 is 1.27 bits per heavy atom. The zero-order valence-corrected chi connectivity index (χ0v) is 34.2. The maximum Gasteiger partial charge on any atom is 0.161 e. The molecule has 13 heteroatoms. The summed E-state index contributed by atoms with van der Waals surface area (Å²) < 4.78 is 48.4. The molecule has 4 aliphatic carbocycles. The Morgan fingerprint density at radius 1 is 0.696 bits per heavy atom. The van der Waals surface area contributed by atoms with Gasteiger partial charge in [0.15, 0.2) is 18.9 Å². The highest BCUT2D eigenvalue weighted by atomic mass is 16.7. The highest BCUT2D eigenvalue weighted by molar-refractivity contribution is 5.32. The average molecular weight is 793 g/mol. The molecule has 0 bridgehead atoms. The van der Waals surface area contributed by atoms with Gasteiger partial charge in [-0.2, -0.15) is 0 Å². The SMILES string of the molecule is C=C1C=C([C@@H]2CCC3(O)C4CCC5CC(O[C@H]6C[C@H](O)C(OC7C[C@H](O)C(OC8C[C@@H](O)[C@H](OC)[C@@H](C)O8)[C@@H](C)O7)[C@@H](C)O6)CC[C@]5(C)C4CC(O)[C@]23C)CO1. The van der Waals surface area contributed by atoms with E-state index in [1.54, 1.807) is 6.92 Å². The monoisotopic (exact) mass is 792 g/mol. The second kappa shape index (κ2) is 15.7. The van der Waals surface area contributed by atoms with Gasteiger partial charge in [0.25, 0.3) is 0 Å². The van der Waals surface area contributed by atoms with Gasteiger partial charge < -0.3 is 63.4 Å². The molecule has 5 N–H and O–H groups in total. The number of methoxy groups -OCH3 is 1. The van der Waals surface area contributed by atoms with Crippen LogP contribution in [0.25, 0.3) is 0 Å². The van der Waals surface area contributed by atoms with Crippen LogP contribution in [0.3, 0.4) is 0 Å². The first-order valence-corrected chi connectivity index (χ1v) is 21.5. The molecule has 3 saturated heterocycles. The lowest BCUT2D eigenvalue weighted by molar-refractivity contribution is -0.336. The predicted octanol–water partition coefficient (Wildman–Crippen LogP) is 3.86. The van der Waals surface area contributed by atoms with Crippen LogP contribution in [0.4, 0.5) is 0 Å². The molecule has 21 atom stereocenters. The molecule has 4 heterocycles. The third-order valence-electron chi connectivity index (χ3n) is 16.3. The Bertz CT molecular complexity index is 1420. The van der Waals surface area contributed by atoms with Crippen LogP contribution in [0.1, 0.15) is 105 Å². The molecule has 0 spiro atoms. The molecule has 318 valence electrons. The van der Waals surface area contributed by atoms with Crippen LogP contribution in [0.15, 0.2) is 24.0 Å². The second-order valence-corrected chi connectivity index (χ2v) is 19.2. The fourth-order valence-corrected chi connectivity index (χ4v) is 13.2. The summed E-state index contributed by atoms with van der Waals surface area (Å²) in [5, 5.41) is 57.5. The minimum absolute atomic E-state index is 0.00990. The standard InChI is InChI=1S/C43H68O13/c1-21-14-25(20-50-21)28-11-13-43(48)29-9-8-26-15-27(10-12-41(26,5)30(29)16-34(47)42(28,43)6)54-35-18-32(45)39(23(3)52-35)56-37-19-33(46)40(24(4)53-37)55-36-17-31(44)38(49-7)22(2)51-36/h14,22-24,26-40,44-48H,1,8-13,15-20H2,2-7H3/t22-,23-,24-,26?,27?,28+,29?,30?,31-,32+,33+,34?,35+,36?,37?,38-,39?,40?,41+,42+,43?/m1/s1. The van der Waals surface area contributed by atoms with E-state index in [9.17, 15) is 25.5 Å². The van der Waals surface area contributed by atoms with Crippen molar-refractivity contribution >= 4 is 0 Å². The summed E-state index contributed by atoms with van der Waals surface area (Å²) in [7, 11) is 1.54. The molecule has 4 saturated carbocycles. The Labute approximate surface area is 332 Å². The lowest BCUT2D eigenvalue weighted by Gasteiger charge is -2.65. The Kier molecular flexibility index (Phi) is 11.6. The molecule has 10 unspecified atom stereocenters. The third kappa shape index (κ3) is 7.05. The van der Waals surface area contributed by atoms with Crippen molar-refractivity contribution in [3.63, 3.8) is 0 Å². The average Bonchev–Trinajstić information content (AvgIpc) is 3.68. The molecule has 13 nitrogen and oxygen atoms in total. The van der Waals surface area contributed by atoms with Crippen LogP contribution in [0.5, 0.6) is 0 Å².